The summed E-state index contributed by atoms with van der Waals surface area (Å²) in [5.41, 5.74) is 0. The molecule has 0 amide bonds. The van der Waals surface area contributed by atoms with Crippen LogP contribution in [0.25, 0.3) is 0 Å². The van der Waals surface area contributed by atoms with Crippen LogP contribution in [-0.4, -0.2) is 5.88 Å². The van der Waals surface area contributed by atoms with E-state index in [-0.39, 0.29) is 19.5 Å². The molecular weight excluding hydrogens is 137 g/mol. The maximum Gasteiger partial charge on any atom is 0.0401 e. The second-order valence-corrected chi connectivity index (χ2v) is 0.752. The number of alkyl halides is 1. The maximum absolute atomic E-state index is 5.07. The fourth-order valence-corrected chi connectivity index (χ4v) is 0. The van der Waals surface area contributed by atoms with Crippen LogP contribution in [0.15, 0.2) is 12.7 Å². The first kappa shape index (κ1) is 9.17. The predicted molar refractivity (Wildman–Crippen MR) is 20.9 cm³/mol. The van der Waals surface area contributed by atoms with E-state index in [9.17, 15) is 0 Å². The second-order valence-electron chi connectivity index (χ2n) is 0.443. The van der Waals surface area contributed by atoms with E-state index in [1.165, 1.54) is 0 Å². The molecule has 26 valence electrons. The van der Waals surface area contributed by atoms with Gasteiger partial charge in [-0.15, -0.1) is 18.2 Å². The van der Waals surface area contributed by atoms with Gasteiger partial charge in [0.25, 0.3) is 0 Å². The van der Waals surface area contributed by atoms with Gasteiger partial charge in [-0.05, 0) is 0 Å². The number of halogens is 1. The van der Waals surface area contributed by atoms with Gasteiger partial charge in [-0.25, -0.2) is 0 Å². The Morgan fingerprint density at radius 1 is 1.80 bits per heavy atom. The Labute approximate surface area is 50.0 Å². The summed E-state index contributed by atoms with van der Waals surface area (Å²) in [4.78, 5) is 0. The van der Waals surface area contributed by atoms with Gasteiger partial charge in [0.1, 0.15) is 0 Å². The molecule has 0 aromatic rings. The largest absolute Gasteiger partial charge is 0.122 e. The Morgan fingerprint density at radius 3 is 2.00 bits per heavy atom. The van der Waals surface area contributed by atoms with Crippen LogP contribution in [-0.2, 0) is 19.5 Å². The quantitative estimate of drug-likeness (QED) is 0.295. The minimum absolute atomic E-state index is 0. The summed E-state index contributed by atoms with van der Waals surface area (Å²) in [7, 11) is 0. The molecule has 5 heavy (non-hydrogen) atoms. The second kappa shape index (κ2) is 8.82. The van der Waals surface area contributed by atoms with Crippen molar-refractivity contribution in [1.29, 1.82) is 0 Å². The molecule has 0 radical (unpaired) electrons. The number of allylic oxidation sites excluding steroid dienone is 1. The normalized spacial score (nSPS) is 5.00. The molecule has 0 spiro atoms. The zero-order chi connectivity index (χ0) is 3.41. The third kappa shape index (κ3) is 12.0. The van der Waals surface area contributed by atoms with Crippen molar-refractivity contribution < 1.29 is 19.5 Å². The molecule has 2 heteroatoms. The SMILES string of the molecule is C=CCCl.[Zn]. The van der Waals surface area contributed by atoms with Crippen LogP contribution < -0.4 is 0 Å². The molecule has 0 aliphatic carbocycles. The predicted octanol–water partition coefficient (Wildman–Crippen LogP) is 1.41. The van der Waals surface area contributed by atoms with Crippen LogP contribution in [0.3, 0.4) is 0 Å². The van der Waals surface area contributed by atoms with Crippen LogP contribution in [0.4, 0.5) is 0 Å². The molecule has 0 aromatic carbocycles. The van der Waals surface area contributed by atoms with Crippen molar-refractivity contribution in [2.45, 2.75) is 0 Å². The first-order chi connectivity index (χ1) is 1.91. The molecule has 0 N–H and O–H groups in total. The summed E-state index contributed by atoms with van der Waals surface area (Å²) in [6.45, 7) is 3.35. The van der Waals surface area contributed by atoms with Gasteiger partial charge in [-0.1, -0.05) is 6.08 Å². The van der Waals surface area contributed by atoms with E-state index in [0.29, 0.717) is 5.88 Å². The molecule has 0 rings (SSSR count). The van der Waals surface area contributed by atoms with Crippen molar-refractivity contribution in [2.75, 3.05) is 5.88 Å². The van der Waals surface area contributed by atoms with E-state index >= 15 is 0 Å². The van der Waals surface area contributed by atoms with Gasteiger partial charge in [0.05, 0.1) is 0 Å². The molecule has 0 aliphatic rings. The van der Waals surface area contributed by atoms with E-state index < -0.39 is 0 Å². The van der Waals surface area contributed by atoms with Crippen molar-refractivity contribution in [3.05, 3.63) is 12.7 Å². The summed E-state index contributed by atoms with van der Waals surface area (Å²) in [5.74, 6) is 0.556. The number of hydrogen-bond donors (Lipinski definition) is 0. The molecule has 0 aromatic heterocycles. The molecule has 0 atom stereocenters. The molecule has 0 bridgehead atoms. The Balaban J connectivity index is 0. The molecule has 0 aliphatic heterocycles. The minimum Gasteiger partial charge on any atom is -0.122 e. The van der Waals surface area contributed by atoms with Crippen LogP contribution in [0.1, 0.15) is 0 Å². The van der Waals surface area contributed by atoms with E-state index in [2.05, 4.69) is 6.58 Å². The van der Waals surface area contributed by atoms with Gasteiger partial charge in [0.15, 0.2) is 0 Å². The molecule has 0 fully saturated rings. The zero-order valence-corrected chi connectivity index (χ0v) is 6.80. The monoisotopic (exact) mass is 140 g/mol. The molecule has 0 heterocycles. The Bertz CT molecular complexity index is 20.9. The fourth-order valence-electron chi connectivity index (χ4n) is 0. The van der Waals surface area contributed by atoms with Crippen LogP contribution in [0.2, 0.25) is 0 Å². The summed E-state index contributed by atoms with van der Waals surface area (Å²) in [6, 6.07) is 0. The van der Waals surface area contributed by atoms with E-state index in [1.54, 1.807) is 6.08 Å². The third-order valence-electron chi connectivity index (χ3n) is 0.109. The summed E-state index contributed by atoms with van der Waals surface area (Å²) < 4.78 is 0. The van der Waals surface area contributed by atoms with Crippen LogP contribution in [0, 0.1) is 0 Å². The van der Waals surface area contributed by atoms with Gasteiger partial charge in [-0.2, -0.15) is 0 Å². The average Bonchev–Trinajstić information content (AvgIpc) is 1.37. The smallest absolute Gasteiger partial charge is 0.0401 e. The van der Waals surface area contributed by atoms with Crippen molar-refractivity contribution in [3.8, 4) is 0 Å². The molecule has 0 saturated heterocycles. The third-order valence-corrected chi connectivity index (χ3v) is 0.327. The van der Waals surface area contributed by atoms with Gasteiger partial charge < -0.3 is 0 Å². The van der Waals surface area contributed by atoms with Gasteiger partial charge in [0.2, 0.25) is 0 Å². The number of hydrogen-bond acceptors (Lipinski definition) is 0. The molecular formula is C3H5ClZn. The van der Waals surface area contributed by atoms with Crippen molar-refractivity contribution in [3.63, 3.8) is 0 Å². The van der Waals surface area contributed by atoms with E-state index in [4.69, 9.17) is 11.6 Å². The van der Waals surface area contributed by atoms with Crippen molar-refractivity contribution in [2.24, 2.45) is 0 Å². The Kier molecular flexibility index (Phi) is 16.2. The van der Waals surface area contributed by atoms with Crippen molar-refractivity contribution >= 4 is 11.6 Å². The molecule has 0 saturated carbocycles. The Morgan fingerprint density at radius 2 is 2.00 bits per heavy atom. The van der Waals surface area contributed by atoms with Crippen LogP contribution >= 0.6 is 11.6 Å². The Hall–Kier alpha value is 0.653. The van der Waals surface area contributed by atoms with Crippen molar-refractivity contribution in [1.82, 2.24) is 0 Å². The number of rotatable bonds is 1. The summed E-state index contributed by atoms with van der Waals surface area (Å²) >= 11 is 5.07. The van der Waals surface area contributed by atoms with Gasteiger partial charge in [-0.3, -0.25) is 0 Å². The minimum atomic E-state index is 0. The zero-order valence-electron chi connectivity index (χ0n) is 3.08. The first-order valence-corrected chi connectivity index (χ1v) is 1.62. The van der Waals surface area contributed by atoms with Gasteiger partial charge >= 0.3 is 0 Å². The fraction of sp³-hybridized carbons (Fsp3) is 0.333. The average molecular weight is 142 g/mol. The molecule has 0 nitrogen and oxygen atoms in total. The standard InChI is InChI=1S/C3H5Cl.Zn/c1-2-3-4;/h2H,1,3H2;. The van der Waals surface area contributed by atoms with E-state index in [1.807, 2.05) is 0 Å². The first-order valence-electron chi connectivity index (χ1n) is 1.08. The summed E-state index contributed by atoms with van der Waals surface area (Å²) in [5, 5.41) is 0. The van der Waals surface area contributed by atoms with E-state index in [0.717, 1.165) is 0 Å². The van der Waals surface area contributed by atoms with Crippen LogP contribution in [0.5, 0.6) is 0 Å². The maximum atomic E-state index is 5.07. The summed E-state index contributed by atoms with van der Waals surface area (Å²) in [6.07, 6.45) is 1.64. The van der Waals surface area contributed by atoms with Gasteiger partial charge in [0, 0.05) is 25.4 Å². The molecule has 0 unspecified atom stereocenters. The topological polar surface area (TPSA) is 0 Å².